The molecular formula is C12H14F3N3O2. The van der Waals surface area contributed by atoms with E-state index < -0.39 is 23.2 Å². The number of aromatic amines is 1. The maximum Gasteiger partial charge on any atom is 0.417 e. The lowest BCUT2D eigenvalue weighted by atomic mass is 9.99. The van der Waals surface area contributed by atoms with Gasteiger partial charge in [0.1, 0.15) is 5.69 Å². The molecule has 1 aliphatic rings. The molecule has 0 bridgehead atoms. The molecule has 8 heteroatoms. The summed E-state index contributed by atoms with van der Waals surface area (Å²) in [7, 11) is 0. The standard InChI is InChI=1S/C12H14F3N3O2/c13-12(14,15)8-4-9(11(20)17-6-8)18-10(19)7-2-1-3-16-5-7/h4,6-7,16H,1-3,5H2,(H,17,20)(H,18,19)/t7-/m1/s1. The number of pyridine rings is 1. The number of amides is 1. The minimum atomic E-state index is -4.57. The Hall–Kier alpha value is -1.83. The summed E-state index contributed by atoms with van der Waals surface area (Å²) >= 11 is 0. The second-order valence-corrected chi connectivity index (χ2v) is 4.66. The van der Waals surface area contributed by atoms with Crippen LogP contribution in [0, 0.1) is 5.92 Å². The van der Waals surface area contributed by atoms with Gasteiger partial charge in [-0.25, -0.2) is 0 Å². The average Bonchev–Trinajstić information content (AvgIpc) is 2.41. The van der Waals surface area contributed by atoms with Crippen LogP contribution in [0.4, 0.5) is 18.9 Å². The normalized spacial score (nSPS) is 19.6. The van der Waals surface area contributed by atoms with Gasteiger partial charge in [-0.2, -0.15) is 13.2 Å². The smallest absolute Gasteiger partial charge is 0.327 e. The number of piperidine rings is 1. The largest absolute Gasteiger partial charge is 0.417 e. The van der Waals surface area contributed by atoms with Gasteiger partial charge in [0.05, 0.1) is 11.5 Å². The van der Waals surface area contributed by atoms with Gasteiger partial charge in [0.15, 0.2) is 0 Å². The Balaban J connectivity index is 2.16. The average molecular weight is 289 g/mol. The monoisotopic (exact) mass is 289 g/mol. The molecule has 1 amide bonds. The molecule has 0 saturated carbocycles. The Labute approximate surface area is 112 Å². The molecule has 20 heavy (non-hydrogen) atoms. The molecule has 1 aromatic rings. The van der Waals surface area contributed by atoms with Crippen LogP contribution in [-0.2, 0) is 11.0 Å². The van der Waals surface area contributed by atoms with Gasteiger partial charge in [0.25, 0.3) is 5.56 Å². The molecule has 1 fully saturated rings. The van der Waals surface area contributed by atoms with Gasteiger partial charge in [0.2, 0.25) is 5.91 Å². The molecule has 110 valence electrons. The zero-order valence-corrected chi connectivity index (χ0v) is 10.5. The SMILES string of the molecule is O=C(Nc1cc(C(F)(F)F)c[nH]c1=O)[C@@H]1CCCNC1. The Morgan fingerprint density at radius 1 is 1.40 bits per heavy atom. The minimum absolute atomic E-state index is 0.335. The van der Waals surface area contributed by atoms with Crippen LogP contribution < -0.4 is 16.2 Å². The molecular weight excluding hydrogens is 275 g/mol. The molecule has 2 heterocycles. The first kappa shape index (κ1) is 14.6. The topological polar surface area (TPSA) is 74.0 Å². The zero-order valence-electron chi connectivity index (χ0n) is 10.5. The quantitative estimate of drug-likeness (QED) is 0.769. The first-order valence-corrected chi connectivity index (χ1v) is 6.19. The maximum atomic E-state index is 12.5. The highest BCUT2D eigenvalue weighted by Crippen LogP contribution is 2.29. The van der Waals surface area contributed by atoms with Crippen LogP contribution in [0.2, 0.25) is 0 Å². The third kappa shape index (κ3) is 3.38. The lowest BCUT2D eigenvalue weighted by Crippen LogP contribution is -2.38. The van der Waals surface area contributed by atoms with E-state index in [1.165, 1.54) is 0 Å². The number of H-pyrrole nitrogens is 1. The fourth-order valence-corrected chi connectivity index (χ4v) is 2.05. The number of rotatable bonds is 2. The molecule has 1 saturated heterocycles. The van der Waals surface area contributed by atoms with Crippen LogP contribution in [0.3, 0.4) is 0 Å². The van der Waals surface area contributed by atoms with Crippen molar-refractivity contribution in [2.45, 2.75) is 19.0 Å². The molecule has 0 spiro atoms. The van der Waals surface area contributed by atoms with E-state index in [4.69, 9.17) is 0 Å². The van der Waals surface area contributed by atoms with E-state index in [0.29, 0.717) is 25.2 Å². The molecule has 1 aliphatic heterocycles. The lowest BCUT2D eigenvalue weighted by molar-refractivity contribution is -0.137. The van der Waals surface area contributed by atoms with Gasteiger partial charge in [-0.1, -0.05) is 0 Å². The van der Waals surface area contributed by atoms with Crippen LogP contribution in [0.5, 0.6) is 0 Å². The summed E-state index contributed by atoms with van der Waals surface area (Å²) < 4.78 is 37.6. The van der Waals surface area contributed by atoms with Gasteiger partial charge < -0.3 is 15.6 Å². The Kier molecular flexibility index (Phi) is 4.12. The number of carbonyl (C=O) groups is 1. The fraction of sp³-hybridized carbons (Fsp3) is 0.500. The van der Waals surface area contributed by atoms with Crippen molar-refractivity contribution < 1.29 is 18.0 Å². The predicted molar refractivity (Wildman–Crippen MR) is 66.3 cm³/mol. The third-order valence-corrected chi connectivity index (χ3v) is 3.16. The van der Waals surface area contributed by atoms with Crippen LogP contribution in [0.1, 0.15) is 18.4 Å². The van der Waals surface area contributed by atoms with Crippen molar-refractivity contribution >= 4 is 11.6 Å². The lowest BCUT2D eigenvalue weighted by Gasteiger charge is -2.21. The third-order valence-electron chi connectivity index (χ3n) is 3.16. The van der Waals surface area contributed by atoms with E-state index in [-0.39, 0.29) is 11.6 Å². The van der Waals surface area contributed by atoms with Crippen molar-refractivity contribution in [3.05, 3.63) is 28.2 Å². The number of hydrogen-bond donors (Lipinski definition) is 3. The van der Waals surface area contributed by atoms with Gasteiger partial charge >= 0.3 is 6.18 Å². The van der Waals surface area contributed by atoms with Gasteiger partial charge in [-0.15, -0.1) is 0 Å². The molecule has 0 aromatic carbocycles. The highest BCUT2D eigenvalue weighted by molar-refractivity contribution is 5.92. The Bertz CT molecular complexity index is 548. The van der Waals surface area contributed by atoms with Crippen molar-refractivity contribution in [2.24, 2.45) is 5.92 Å². The van der Waals surface area contributed by atoms with Gasteiger partial charge in [-0.3, -0.25) is 9.59 Å². The molecule has 1 atom stereocenters. The van der Waals surface area contributed by atoms with Crippen molar-refractivity contribution in [3.63, 3.8) is 0 Å². The molecule has 1 aromatic heterocycles. The maximum absolute atomic E-state index is 12.5. The van der Waals surface area contributed by atoms with Gasteiger partial charge in [-0.05, 0) is 25.5 Å². The van der Waals surface area contributed by atoms with Crippen molar-refractivity contribution in [3.8, 4) is 0 Å². The van der Waals surface area contributed by atoms with Crippen molar-refractivity contribution in [2.75, 3.05) is 18.4 Å². The zero-order chi connectivity index (χ0) is 14.8. The van der Waals surface area contributed by atoms with E-state index in [1.807, 2.05) is 4.98 Å². The number of hydrogen-bond acceptors (Lipinski definition) is 3. The number of alkyl halides is 3. The van der Waals surface area contributed by atoms with Crippen LogP contribution >= 0.6 is 0 Å². The number of carbonyl (C=O) groups excluding carboxylic acids is 1. The van der Waals surface area contributed by atoms with Crippen molar-refractivity contribution in [1.82, 2.24) is 10.3 Å². The van der Waals surface area contributed by atoms with E-state index in [2.05, 4.69) is 10.6 Å². The number of nitrogens with one attached hydrogen (secondary N) is 3. The highest BCUT2D eigenvalue weighted by atomic mass is 19.4. The molecule has 0 radical (unpaired) electrons. The second kappa shape index (κ2) is 5.66. The number of halogens is 3. The summed E-state index contributed by atoms with van der Waals surface area (Å²) in [6.07, 6.45) is -2.52. The summed E-state index contributed by atoms with van der Waals surface area (Å²) in [5.41, 5.74) is -2.14. The molecule has 0 unspecified atom stereocenters. The number of aromatic nitrogens is 1. The first-order chi connectivity index (χ1) is 9.38. The summed E-state index contributed by atoms with van der Waals surface area (Å²) in [5.74, 6) is -0.778. The van der Waals surface area contributed by atoms with E-state index >= 15 is 0 Å². The van der Waals surface area contributed by atoms with Crippen LogP contribution in [0.15, 0.2) is 17.1 Å². The summed E-state index contributed by atoms with van der Waals surface area (Å²) in [6, 6.07) is 0.646. The molecule has 5 nitrogen and oxygen atoms in total. The molecule has 3 N–H and O–H groups in total. The Morgan fingerprint density at radius 3 is 2.75 bits per heavy atom. The summed E-state index contributed by atoms with van der Waals surface area (Å²) in [6.45, 7) is 1.27. The minimum Gasteiger partial charge on any atom is -0.327 e. The first-order valence-electron chi connectivity index (χ1n) is 6.19. The van der Waals surface area contributed by atoms with E-state index in [9.17, 15) is 22.8 Å². The fourth-order valence-electron chi connectivity index (χ4n) is 2.05. The highest BCUT2D eigenvalue weighted by Gasteiger charge is 2.32. The Morgan fingerprint density at radius 2 is 2.15 bits per heavy atom. The summed E-state index contributed by atoms with van der Waals surface area (Å²) in [4.78, 5) is 25.3. The summed E-state index contributed by atoms with van der Waals surface area (Å²) in [5, 5.41) is 5.29. The predicted octanol–water partition coefficient (Wildman–Crippen LogP) is 1.33. The van der Waals surface area contributed by atoms with E-state index in [0.717, 1.165) is 13.0 Å². The number of anilines is 1. The molecule has 0 aliphatic carbocycles. The molecule has 2 rings (SSSR count). The van der Waals surface area contributed by atoms with Crippen LogP contribution in [-0.4, -0.2) is 24.0 Å². The van der Waals surface area contributed by atoms with Crippen molar-refractivity contribution in [1.29, 1.82) is 0 Å². The van der Waals surface area contributed by atoms with Crippen LogP contribution in [0.25, 0.3) is 0 Å². The second-order valence-electron chi connectivity index (χ2n) is 4.66. The van der Waals surface area contributed by atoms with Gasteiger partial charge in [0, 0.05) is 12.7 Å². The van der Waals surface area contributed by atoms with E-state index in [1.54, 1.807) is 0 Å².